The van der Waals surface area contributed by atoms with Crippen molar-refractivity contribution in [3.05, 3.63) is 0 Å². The maximum atomic E-state index is 11.3. The topological polar surface area (TPSA) is 23.6 Å². The third-order valence-corrected chi connectivity index (χ3v) is 4.19. The second-order valence-corrected chi connectivity index (χ2v) is 5.21. The van der Waals surface area contributed by atoms with E-state index in [1.165, 1.54) is 0 Å². The Morgan fingerprint density at radius 3 is 2.18 bits per heavy atom. The quantitative estimate of drug-likeness (QED) is 0.639. The minimum Gasteiger partial charge on any atom is -0.343 e. The molecule has 2 aliphatic heterocycles. The second kappa shape index (κ2) is 5.55. The van der Waals surface area contributed by atoms with Crippen molar-refractivity contribution in [2.45, 2.75) is 38.6 Å². The Morgan fingerprint density at radius 1 is 1.12 bits per heavy atom. The normalized spacial score (nSPS) is 24.6. The van der Waals surface area contributed by atoms with Crippen LogP contribution < -0.4 is 0 Å². The number of carbonyl (C=O) groups is 1. The van der Waals surface area contributed by atoms with E-state index in [1.807, 2.05) is 4.90 Å². The number of piperidine rings is 2. The van der Waals surface area contributed by atoms with Crippen molar-refractivity contribution in [2.75, 3.05) is 26.2 Å². The summed E-state index contributed by atoms with van der Waals surface area (Å²) in [5.41, 5.74) is 0. The van der Waals surface area contributed by atoms with Crippen LogP contribution >= 0.6 is 0 Å². The molecule has 94 valence electrons. The molecule has 0 aromatic rings. The van der Waals surface area contributed by atoms with Crippen LogP contribution in [0.4, 0.5) is 0 Å². The van der Waals surface area contributed by atoms with Gasteiger partial charge < -0.3 is 9.80 Å². The van der Waals surface area contributed by atoms with Gasteiger partial charge in [-0.1, -0.05) is 0 Å². The summed E-state index contributed by atoms with van der Waals surface area (Å²) in [6, 6.07) is 0.671. The highest BCUT2D eigenvalue weighted by Gasteiger charge is 2.28. The fraction of sp³-hybridized carbons (Fsp3) is 0.786. The fourth-order valence-electron chi connectivity index (χ4n) is 2.98. The molecule has 0 aromatic carbocycles. The first kappa shape index (κ1) is 12.4. The lowest BCUT2D eigenvalue weighted by molar-refractivity contribution is -0.130. The smallest absolute Gasteiger partial charge is 0.219 e. The van der Waals surface area contributed by atoms with Crippen LogP contribution in [0.15, 0.2) is 0 Å². The predicted octanol–water partition coefficient (Wildman–Crippen LogP) is 1.34. The Bertz CT molecular complexity index is 305. The fourth-order valence-corrected chi connectivity index (χ4v) is 2.98. The average Bonchev–Trinajstić information content (AvgIpc) is 2.39. The molecule has 1 amide bonds. The minimum atomic E-state index is 0.217. The Kier molecular flexibility index (Phi) is 4.06. The van der Waals surface area contributed by atoms with E-state index < -0.39 is 0 Å². The Morgan fingerprint density at radius 2 is 1.71 bits per heavy atom. The van der Waals surface area contributed by atoms with Crippen molar-refractivity contribution >= 4 is 5.91 Å². The highest BCUT2D eigenvalue weighted by molar-refractivity contribution is 5.73. The summed E-state index contributed by atoms with van der Waals surface area (Å²) in [5.74, 6) is 3.58. The van der Waals surface area contributed by atoms with E-state index in [1.54, 1.807) is 6.92 Å². The summed E-state index contributed by atoms with van der Waals surface area (Å²) in [6.45, 7) is 5.79. The largest absolute Gasteiger partial charge is 0.343 e. The van der Waals surface area contributed by atoms with E-state index in [0.717, 1.165) is 51.9 Å². The van der Waals surface area contributed by atoms with Gasteiger partial charge in [0.15, 0.2) is 0 Å². The second-order valence-electron chi connectivity index (χ2n) is 5.21. The maximum Gasteiger partial charge on any atom is 0.219 e. The molecule has 2 saturated heterocycles. The van der Waals surface area contributed by atoms with Crippen molar-refractivity contribution in [1.82, 2.24) is 9.80 Å². The molecule has 0 radical (unpaired) electrons. The molecule has 0 N–H and O–H groups in total. The van der Waals surface area contributed by atoms with Gasteiger partial charge in [-0.25, -0.2) is 0 Å². The van der Waals surface area contributed by atoms with Crippen LogP contribution in [0.5, 0.6) is 0 Å². The molecule has 2 aliphatic rings. The van der Waals surface area contributed by atoms with Gasteiger partial charge in [0.05, 0.1) is 0 Å². The maximum absolute atomic E-state index is 11.3. The molecule has 0 spiro atoms. The lowest BCUT2D eigenvalue weighted by atomic mass is 9.94. The number of likely N-dealkylation sites (tertiary alicyclic amines) is 2. The van der Waals surface area contributed by atoms with Crippen LogP contribution in [-0.2, 0) is 4.79 Å². The molecule has 0 aromatic heterocycles. The van der Waals surface area contributed by atoms with E-state index in [-0.39, 0.29) is 5.91 Å². The summed E-state index contributed by atoms with van der Waals surface area (Å²) in [4.78, 5) is 15.8. The highest BCUT2D eigenvalue weighted by Crippen LogP contribution is 2.23. The van der Waals surface area contributed by atoms with Gasteiger partial charge in [-0.3, -0.25) is 4.79 Å². The number of amides is 1. The Balaban J connectivity index is 1.78. The number of rotatable bonds is 1. The third-order valence-electron chi connectivity index (χ3n) is 4.19. The first-order chi connectivity index (χ1) is 8.20. The number of carbonyl (C=O) groups excluding carboxylic acids is 1. The molecule has 2 rings (SSSR count). The number of hydrogen-bond donors (Lipinski definition) is 0. The van der Waals surface area contributed by atoms with E-state index in [4.69, 9.17) is 6.42 Å². The van der Waals surface area contributed by atoms with Crippen molar-refractivity contribution in [3.8, 4) is 12.3 Å². The minimum absolute atomic E-state index is 0.217. The number of nitrogens with zero attached hydrogens (tertiary/aromatic N) is 2. The van der Waals surface area contributed by atoms with Crippen LogP contribution in [0.25, 0.3) is 0 Å². The van der Waals surface area contributed by atoms with Crippen molar-refractivity contribution in [2.24, 2.45) is 5.92 Å². The summed E-state index contributed by atoms with van der Waals surface area (Å²) >= 11 is 0. The number of hydrogen-bond acceptors (Lipinski definition) is 2. The third kappa shape index (κ3) is 3.01. The lowest BCUT2D eigenvalue weighted by Gasteiger charge is -2.41. The lowest BCUT2D eigenvalue weighted by Crippen LogP contribution is -2.48. The van der Waals surface area contributed by atoms with Gasteiger partial charge in [-0.15, -0.1) is 12.3 Å². The standard InChI is InChI=1S/C14H22N2O/c1-3-13-4-8-16(9-5-13)14-6-10-15(11-7-14)12(2)17/h1,13-14H,4-11H2,2H3. The van der Waals surface area contributed by atoms with Crippen molar-refractivity contribution in [3.63, 3.8) is 0 Å². The van der Waals surface area contributed by atoms with Crippen LogP contribution in [-0.4, -0.2) is 47.9 Å². The monoisotopic (exact) mass is 234 g/mol. The van der Waals surface area contributed by atoms with Crippen molar-refractivity contribution < 1.29 is 4.79 Å². The summed E-state index contributed by atoms with van der Waals surface area (Å²) in [5, 5.41) is 0. The van der Waals surface area contributed by atoms with E-state index in [0.29, 0.717) is 12.0 Å². The molecule has 0 aliphatic carbocycles. The summed E-state index contributed by atoms with van der Waals surface area (Å²) < 4.78 is 0. The molecule has 0 bridgehead atoms. The van der Waals surface area contributed by atoms with Crippen LogP contribution in [0, 0.1) is 18.3 Å². The van der Waals surface area contributed by atoms with Gasteiger partial charge in [0.1, 0.15) is 0 Å². The van der Waals surface area contributed by atoms with Gasteiger partial charge in [0.25, 0.3) is 0 Å². The molecule has 3 nitrogen and oxygen atoms in total. The van der Waals surface area contributed by atoms with Gasteiger partial charge >= 0.3 is 0 Å². The predicted molar refractivity (Wildman–Crippen MR) is 68.4 cm³/mol. The van der Waals surface area contributed by atoms with Crippen LogP contribution in [0.2, 0.25) is 0 Å². The zero-order chi connectivity index (χ0) is 12.3. The Hall–Kier alpha value is -1.01. The average molecular weight is 234 g/mol. The zero-order valence-corrected chi connectivity index (χ0v) is 10.7. The van der Waals surface area contributed by atoms with Crippen LogP contribution in [0.3, 0.4) is 0 Å². The number of terminal acetylenes is 1. The van der Waals surface area contributed by atoms with Gasteiger partial charge in [-0.2, -0.15) is 0 Å². The molecule has 17 heavy (non-hydrogen) atoms. The Labute approximate surface area is 104 Å². The van der Waals surface area contributed by atoms with E-state index in [2.05, 4.69) is 10.8 Å². The van der Waals surface area contributed by atoms with Crippen molar-refractivity contribution in [1.29, 1.82) is 0 Å². The van der Waals surface area contributed by atoms with Crippen LogP contribution in [0.1, 0.15) is 32.6 Å². The molecule has 2 fully saturated rings. The van der Waals surface area contributed by atoms with E-state index >= 15 is 0 Å². The molecule has 0 atom stereocenters. The molecule has 3 heteroatoms. The summed E-state index contributed by atoms with van der Waals surface area (Å²) in [7, 11) is 0. The molecule has 2 heterocycles. The summed E-state index contributed by atoms with van der Waals surface area (Å²) in [6.07, 6.45) is 10.0. The SMILES string of the molecule is C#CC1CCN(C2CCN(C(C)=O)CC2)CC1. The van der Waals surface area contributed by atoms with Gasteiger partial charge in [-0.05, 0) is 38.8 Å². The van der Waals surface area contributed by atoms with Gasteiger partial charge in [0, 0.05) is 32.0 Å². The molecule has 0 saturated carbocycles. The van der Waals surface area contributed by atoms with Gasteiger partial charge in [0.2, 0.25) is 5.91 Å². The molecular weight excluding hydrogens is 212 g/mol. The first-order valence-electron chi connectivity index (χ1n) is 6.66. The molecular formula is C14H22N2O. The molecule has 0 unspecified atom stereocenters. The highest BCUT2D eigenvalue weighted by atomic mass is 16.2. The zero-order valence-electron chi connectivity index (χ0n) is 10.7. The van der Waals surface area contributed by atoms with E-state index in [9.17, 15) is 4.79 Å². The first-order valence-corrected chi connectivity index (χ1v) is 6.66.